The van der Waals surface area contributed by atoms with Crippen LogP contribution in [0.4, 0.5) is 4.39 Å². The van der Waals surface area contributed by atoms with E-state index >= 15 is 0 Å². The van der Waals surface area contributed by atoms with E-state index < -0.39 is 5.60 Å². The molecule has 3 rings (SSSR count). The Morgan fingerprint density at radius 1 is 1.17 bits per heavy atom. The smallest absolute Gasteiger partial charge is 0.256 e. The fraction of sp³-hybridized carbons (Fsp3) is 0.588. The molecule has 2 aliphatic heterocycles. The Balaban J connectivity index is 1.65. The van der Waals surface area contributed by atoms with Gasteiger partial charge in [0, 0.05) is 44.2 Å². The van der Waals surface area contributed by atoms with Gasteiger partial charge in [-0.1, -0.05) is 12.1 Å². The van der Waals surface area contributed by atoms with Crippen molar-refractivity contribution in [3.8, 4) is 0 Å². The Morgan fingerprint density at radius 2 is 1.87 bits per heavy atom. The average molecular weight is 338 g/mol. The van der Waals surface area contributed by atoms with Crippen molar-refractivity contribution in [2.75, 3.05) is 37.7 Å². The van der Waals surface area contributed by atoms with E-state index in [2.05, 4.69) is 4.90 Å². The maximum absolute atomic E-state index is 13.0. The van der Waals surface area contributed by atoms with Crippen LogP contribution in [0, 0.1) is 5.82 Å². The number of likely N-dealkylation sites (tertiary alicyclic amines) is 1. The van der Waals surface area contributed by atoms with E-state index in [0.29, 0.717) is 26.1 Å². The highest BCUT2D eigenvalue weighted by molar-refractivity contribution is 7.99. The van der Waals surface area contributed by atoms with Crippen LogP contribution in [0.2, 0.25) is 0 Å². The number of benzene rings is 1. The van der Waals surface area contributed by atoms with E-state index in [0.717, 1.165) is 36.6 Å². The standard InChI is InChI=1S/C17H23FN2O2S/c18-15-4-2-14(3-5-15)12-20-7-1-6-17(22,16(20)21)13-19-8-10-23-11-9-19/h2-5,22H,1,6-13H2/t17-/m1/s1. The minimum Gasteiger partial charge on any atom is -0.379 e. The molecule has 1 atom stereocenters. The summed E-state index contributed by atoms with van der Waals surface area (Å²) < 4.78 is 13.0. The number of hydrogen-bond acceptors (Lipinski definition) is 4. The number of amides is 1. The molecule has 0 unspecified atom stereocenters. The maximum Gasteiger partial charge on any atom is 0.256 e. The minimum absolute atomic E-state index is 0.189. The Kier molecular flexibility index (Phi) is 5.24. The van der Waals surface area contributed by atoms with Gasteiger partial charge in [0.1, 0.15) is 5.82 Å². The largest absolute Gasteiger partial charge is 0.379 e. The summed E-state index contributed by atoms with van der Waals surface area (Å²) >= 11 is 1.91. The molecule has 0 spiro atoms. The number of nitrogens with zero attached hydrogens (tertiary/aromatic N) is 2. The molecule has 1 aromatic rings. The van der Waals surface area contributed by atoms with Crippen LogP contribution in [0.15, 0.2) is 24.3 Å². The molecule has 6 heteroatoms. The van der Waals surface area contributed by atoms with Gasteiger partial charge in [0.25, 0.3) is 5.91 Å². The summed E-state index contributed by atoms with van der Waals surface area (Å²) in [5.74, 6) is 1.65. The molecule has 0 bridgehead atoms. The number of thioether (sulfide) groups is 1. The quantitative estimate of drug-likeness (QED) is 0.908. The van der Waals surface area contributed by atoms with Gasteiger partial charge >= 0.3 is 0 Å². The van der Waals surface area contributed by atoms with Crippen molar-refractivity contribution in [1.82, 2.24) is 9.80 Å². The fourth-order valence-corrected chi connectivity index (χ4v) is 4.28. The van der Waals surface area contributed by atoms with Crippen LogP contribution < -0.4 is 0 Å². The third kappa shape index (κ3) is 4.05. The van der Waals surface area contributed by atoms with Crippen molar-refractivity contribution < 1.29 is 14.3 Å². The van der Waals surface area contributed by atoms with Crippen LogP contribution in [0.25, 0.3) is 0 Å². The van der Waals surface area contributed by atoms with Crippen LogP contribution in [0.5, 0.6) is 0 Å². The van der Waals surface area contributed by atoms with Gasteiger partial charge in [-0.25, -0.2) is 4.39 Å². The summed E-state index contributed by atoms with van der Waals surface area (Å²) in [6.07, 6.45) is 1.32. The zero-order chi connectivity index (χ0) is 16.3. The Morgan fingerprint density at radius 3 is 2.57 bits per heavy atom. The second-order valence-corrected chi connectivity index (χ2v) is 7.60. The highest BCUT2D eigenvalue weighted by Gasteiger charge is 2.43. The van der Waals surface area contributed by atoms with Crippen molar-refractivity contribution >= 4 is 17.7 Å². The van der Waals surface area contributed by atoms with E-state index in [1.165, 1.54) is 12.1 Å². The first-order valence-corrected chi connectivity index (χ1v) is 9.29. The first-order chi connectivity index (χ1) is 11.1. The SMILES string of the molecule is O=C1N(Cc2ccc(F)cc2)CCC[C@@]1(O)CN1CCSCC1. The normalized spacial score (nSPS) is 26.5. The van der Waals surface area contributed by atoms with Crippen molar-refractivity contribution in [2.45, 2.75) is 25.0 Å². The van der Waals surface area contributed by atoms with E-state index in [9.17, 15) is 14.3 Å². The lowest BCUT2D eigenvalue weighted by molar-refractivity contribution is -0.160. The summed E-state index contributed by atoms with van der Waals surface area (Å²) in [5.41, 5.74) is -0.390. The molecule has 0 aromatic heterocycles. The maximum atomic E-state index is 13.0. The number of aliphatic hydroxyl groups is 1. The van der Waals surface area contributed by atoms with Crippen molar-refractivity contribution in [1.29, 1.82) is 0 Å². The number of piperidine rings is 1. The van der Waals surface area contributed by atoms with Gasteiger partial charge < -0.3 is 10.0 Å². The van der Waals surface area contributed by atoms with Crippen LogP contribution in [-0.2, 0) is 11.3 Å². The zero-order valence-corrected chi connectivity index (χ0v) is 14.0. The second kappa shape index (κ2) is 7.20. The molecule has 2 saturated heterocycles. The van der Waals surface area contributed by atoms with Crippen molar-refractivity contribution in [3.05, 3.63) is 35.6 Å². The van der Waals surface area contributed by atoms with Crippen LogP contribution in [0.1, 0.15) is 18.4 Å². The highest BCUT2D eigenvalue weighted by Crippen LogP contribution is 2.26. The molecule has 126 valence electrons. The van der Waals surface area contributed by atoms with Gasteiger partial charge in [-0.05, 0) is 30.5 Å². The number of rotatable bonds is 4. The molecule has 2 aliphatic rings. The molecule has 4 nitrogen and oxygen atoms in total. The molecule has 2 heterocycles. The predicted molar refractivity (Wildman–Crippen MR) is 89.8 cm³/mol. The Labute approximate surface area is 140 Å². The Bertz CT molecular complexity index is 548. The summed E-state index contributed by atoms with van der Waals surface area (Å²) in [6, 6.07) is 6.19. The summed E-state index contributed by atoms with van der Waals surface area (Å²) in [4.78, 5) is 16.7. The number of β-amino-alcohol motifs (C(OH)–C–C–N with tert-alkyl or cyclic N) is 1. The molecule has 1 amide bonds. The second-order valence-electron chi connectivity index (χ2n) is 6.38. The molecule has 23 heavy (non-hydrogen) atoms. The van der Waals surface area contributed by atoms with E-state index in [1.807, 2.05) is 11.8 Å². The molecule has 1 aromatic carbocycles. The van der Waals surface area contributed by atoms with Gasteiger partial charge in [0.15, 0.2) is 5.60 Å². The summed E-state index contributed by atoms with van der Waals surface area (Å²) in [6.45, 7) is 3.36. The minimum atomic E-state index is -1.28. The van der Waals surface area contributed by atoms with Crippen molar-refractivity contribution in [2.24, 2.45) is 0 Å². The molecular weight excluding hydrogens is 315 g/mol. The predicted octanol–water partition coefficient (Wildman–Crippen LogP) is 1.73. The lowest BCUT2D eigenvalue weighted by Crippen LogP contribution is -2.59. The van der Waals surface area contributed by atoms with Crippen LogP contribution in [0.3, 0.4) is 0 Å². The fourth-order valence-electron chi connectivity index (χ4n) is 3.30. The Hall–Kier alpha value is -1.11. The van der Waals surface area contributed by atoms with Gasteiger partial charge in [0.2, 0.25) is 0 Å². The van der Waals surface area contributed by atoms with Gasteiger partial charge in [-0.2, -0.15) is 11.8 Å². The number of halogens is 1. The third-order valence-electron chi connectivity index (χ3n) is 4.58. The number of carbonyl (C=O) groups excluding carboxylic acids is 1. The third-order valence-corrected chi connectivity index (χ3v) is 5.52. The van der Waals surface area contributed by atoms with Crippen LogP contribution in [-0.4, -0.2) is 64.1 Å². The van der Waals surface area contributed by atoms with Gasteiger partial charge in [0.05, 0.1) is 0 Å². The molecular formula is C17H23FN2O2S. The number of carbonyl (C=O) groups is 1. The average Bonchev–Trinajstić information content (AvgIpc) is 2.55. The summed E-state index contributed by atoms with van der Waals surface area (Å²) in [7, 11) is 0. The topological polar surface area (TPSA) is 43.8 Å². The molecule has 1 N–H and O–H groups in total. The van der Waals surface area contributed by atoms with Gasteiger partial charge in [-0.15, -0.1) is 0 Å². The zero-order valence-electron chi connectivity index (χ0n) is 13.2. The van der Waals surface area contributed by atoms with Gasteiger partial charge in [-0.3, -0.25) is 9.69 Å². The summed E-state index contributed by atoms with van der Waals surface area (Å²) in [5, 5.41) is 10.9. The monoisotopic (exact) mass is 338 g/mol. The van der Waals surface area contributed by atoms with Crippen molar-refractivity contribution in [3.63, 3.8) is 0 Å². The molecule has 2 fully saturated rings. The molecule has 0 radical (unpaired) electrons. The first-order valence-electron chi connectivity index (χ1n) is 8.13. The first kappa shape index (κ1) is 16.7. The number of hydrogen-bond donors (Lipinski definition) is 1. The van der Waals surface area contributed by atoms with Crippen LogP contribution >= 0.6 is 11.8 Å². The molecule has 0 aliphatic carbocycles. The van der Waals surface area contributed by atoms with E-state index in [-0.39, 0.29) is 11.7 Å². The lowest BCUT2D eigenvalue weighted by Gasteiger charge is -2.41. The lowest BCUT2D eigenvalue weighted by atomic mass is 9.90. The highest BCUT2D eigenvalue weighted by atomic mass is 32.2. The molecule has 0 saturated carbocycles. The van der Waals surface area contributed by atoms with E-state index in [1.54, 1.807) is 17.0 Å². The van der Waals surface area contributed by atoms with E-state index in [4.69, 9.17) is 0 Å².